The summed E-state index contributed by atoms with van der Waals surface area (Å²) >= 11 is 0. The number of anilines is 1. The van der Waals surface area contributed by atoms with Crippen LogP contribution >= 0.6 is 0 Å². The zero-order valence-electron chi connectivity index (χ0n) is 6.74. The summed E-state index contributed by atoms with van der Waals surface area (Å²) in [4.78, 5) is 13.3. The molecule has 1 aromatic carbocycles. The first-order valence-corrected chi connectivity index (χ1v) is 3.83. The van der Waals surface area contributed by atoms with E-state index in [1.165, 1.54) is 0 Å². The van der Waals surface area contributed by atoms with Crippen molar-refractivity contribution in [3.8, 4) is 0 Å². The van der Waals surface area contributed by atoms with E-state index in [1.54, 1.807) is 12.1 Å². The smallest absolute Gasteiger partial charge is 0.409 e. The molecule has 0 saturated carbocycles. The Kier molecular flexibility index (Phi) is 1.66. The second kappa shape index (κ2) is 2.82. The predicted octanol–water partition coefficient (Wildman–Crippen LogP) is 2.26. The Morgan fingerprint density at radius 1 is 1.38 bits per heavy atom. The fraction of sp³-hybridized carbons (Fsp3) is 0. The summed E-state index contributed by atoms with van der Waals surface area (Å²) in [6, 6.07) is 7.27. The van der Waals surface area contributed by atoms with Crippen molar-refractivity contribution in [2.75, 3.05) is 5.32 Å². The molecule has 66 valence electrons. The molecule has 1 aromatic heterocycles. The van der Waals surface area contributed by atoms with Gasteiger partial charge in [-0.15, -0.1) is 0 Å². The van der Waals surface area contributed by atoms with Crippen LogP contribution in [0.25, 0.3) is 10.9 Å². The molecule has 0 fully saturated rings. The maximum absolute atomic E-state index is 10.3. The predicted molar refractivity (Wildman–Crippen MR) is 49.9 cm³/mol. The average molecular weight is 176 g/mol. The Bertz CT molecular complexity index is 448. The van der Waals surface area contributed by atoms with E-state index in [2.05, 4.69) is 10.3 Å². The number of amides is 1. The quantitative estimate of drug-likeness (QED) is 0.623. The summed E-state index contributed by atoms with van der Waals surface area (Å²) in [5.74, 6) is 0. The zero-order valence-corrected chi connectivity index (χ0v) is 6.74. The highest BCUT2D eigenvalue weighted by Gasteiger charge is 1.99. The number of nitrogens with one attached hydrogen (secondary N) is 2. The SMILES string of the molecule is O=C(O)Nc1ccc2cc[nH]c2c1. The van der Waals surface area contributed by atoms with Gasteiger partial charge in [-0.1, -0.05) is 6.07 Å². The van der Waals surface area contributed by atoms with E-state index in [-0.39, 0.29) is 0 Å². The molecule has 0 aliphatic carbocycles. The highest BCUT2D eigenvalue weighted by Crippen LogP contribution is 2.17. The van der Waals surface area contributed by atoms with E-state index >= 15 is 0 Å². The average Bonchev–Trinajstić information content (AvgIpc) is 2.49. The van der Waals surface area contributed by atoms with Gasteiger partial charge in [0.2, 0.25) is 0 Å². The van der Waals surface area contributed by atoms with Crippen LogP contribution in [0.5, 0.6) is 0 Å². The van der Waals surface area contributed by atoms with Gasteiger partial charge < -0.3 is 10.1 Å². The normalized spacial score (nSPS) is 10.2. The maximum atomic E-state index is 10.3. The molecule has 0 radical (unpaired) electrons. The molecule has 4 heteroatoms. The van der Waals surface area contributed by atoms with Crippen LogP contribution in [-0.2, 0) is 0 Å². The van der Waals surface area contributed by atoms with Crippen molar-refractivity contribution >= 4 is 22.7 Å². The standard InChI is InChI=1S/C9H8N2O2/c12-9(13)11-7-2-1-6-3-4-10-8(6)5-7/h1-5,10-11H,(H,12,13). The van der Waals surface area contributed by atoms with Crippen molar-refractivity contribution in [3.05, 3.63) is 30.5 Å². The van der Waals surface area contributed by atoms with Crippen molar-refractivity contribution < 1.29 is 9.90 Å². The Balaban J connectivity index is 2.42. The van der Waals surface area contributed by atoms with Gasteiger partial charge >= 0.3 is 6.09 Å². The van der Waals surface area contributed by atoms with Gasteiger partial charge in [0.25, 0.3) is 0 Å². The molecule has 1 amide bonds. The molecule has 0 saturated heterocycles. The number of carbonyl (C=O) groups is 1. The zero-order chi connectivity index (χ0) is 9.26. The molecule has 0 spiro atoms. The molecular weight excluding hydrogens is 168 g/mol. The highest BCUT2D eigenvalue weighted by atomic mass is 16.4. The van der Waals surface area contributed by atoms with Gasteiger partial charge in [0, 0.05) is 17.4 Å². The first-order valence-electron chi connectivity index (χ1n) is 3.83. The monoisotopic (exact) mass is 176 g/mol. The number of aromatic nitrogens is 1. The summed E-state index contributed by atoms with van der Waals surface area (Å²) in [6.45, 7) is 0. The summed E-state index contributed by atoms with van der Waals surface area (Å²) in [7, 11) is 0. The highest BCUT2D eigenvalue weighted by molar-refractivity contribution is 5.88. The molecule has 3 N–H and O–H groups in total. The van der Waals surface area contributed by atoms with Gasteiger partial charge in [-0.05, 0) is 23.6 Å². The van der Waals surface area contributed by atoms with Gasteiger partial charge in [-0.25, -0.2) is 4.79 Å². The lowest BCUT2D eigenvalue weighted by molar-refractivity contribution is 0.210. The van der Waals surface area contributed by atoms with Crippen molar-refractivity contribution in [3.63, 3.8) is 0 Å². The molecule has 2 aromatic rings. The number of carboxylic acid groups (broad SMARTS) is 1. The maximum Gasteiger partial charge on any atom is 0.409 e. The third kappa shape index (κ3) is 1.46. The Morgan fingerprint density at radius 3 is 3.00 bits per heavy atom. The fourth-order valence-corrected chi connectivity index (χ4v) is 1.25. The second-order valence-electron chi connectivity index (χ2n) is 2.71. The molecule has 2 rings (SSSR count). The molecule has 0 unspecified atom stereocenters. The van der Waals surface area contributed by atoms with E-state index in [0.29, 0.717) is 5.69 Å². The third-order valence-corrected chi connectivity index (χ3v) is 1.81. The number of H-pyrrole nitrogens is 1. The number of fused-ring (bicyclic) bond motifs is 1. The molecule has 1 heterocycles. The van der Waals surface area contributed by atoms with E-state index < -0.39 is 6.09 Å². The van der Waals surface area contributed by atoms with Gasteiger partial charge in [-0.2, -0.15) is 0 Å². The van der Waals surface area contributed by atoms with Crippen LogP contribution in [0.15, 0.2) is 30.5 Å². The molecule has 4 nitrogen and oxygen atoms in total. The number of hydrogen-bond donors (Lipinski definition) is 3. The Hall–Kier alpha value is -1.97. The van der Waals surface area contributed by atoms with Crippen LogP contribution in [0.4, 0.5) is 10.5 Å². The van der Waals surface area contributed by atoms with Crippen LogP contribution in [0.2, 0.25) is 0 Å². The molecule has 0 aliphatic heterocycles. The van der Waals surface area contributed by atoms with Crippen LogP contribution in [0, 0.1) is 0 Å². The van der Waals surface area contributed by atoms with Gasteiger partial charge in [0.1, 0.15) is 0 Å². The summed E-state index contributed by atoms with van der Waals surface area (Å²) < 4.78 is 0. The first kappa shape index (κ1) is 7.67. The lowest BCUT2D eigenvalue weighted by atomic mass is 10.2. The molecule has 0 aliphatic rings. The van der Waals surface area contributed by atoms with Crippen LogP contribution in [0.1, 0.15) is 0 Å². The van der Waals surface area contributed by atoms with E-state index in [0.717, 1.165) is 10.9 Å². The van der Waals surface area contributed by atoms with Crippen molar-refractivity contribution in [2.45, 2.75) is 0 Å². The number of hydrogen-bond acceptors (Lipinski definition) is 1. The van der Waals surface area contributed by atoms with Crippen molar-refractivity contribution in [1.29, 1.82) is 0 Å². The van der Waals surface area contributed by atoms with E-state index in [9.17, 15) is 4.79 Å². The summed E-state index contributed by atoms with van der Waals surface area (Å²) in [6.07, 6.45) is 0.765. The topological polar surface area (TPSA) is 65.1 Å². The molecule has 0 atom stereocenters. The second-order valence-corrected chi connectivity index (χ2v) is 2.71. The van der Waals surface area contributed by atoms with Crippen molar-refractivity contribution in [1.82, 2.24) is 4.98 Å². The first-order chi connectivity index (χ1) is 6.25. The minimum atomic E-state index is -1.05. The van der Waals surface area contributed by atoms with Gasteiger partial charge in [0.15, 0.2) is 0 Å². The Morgan fingerprint density at radius 2 is 2.23 bits per heavy atom. The minimum Gasteiger partial charge on any atom is -0.465 e. The minimum absolute atomic E-state index is 0.572. The van der Waals surface area contributed by atoms with E-state index in [4.69, 9.17) is 5.11 Å². The van der Waals surface area contributed by atoms with E-state index in [1.807, 2.05) is 18.3 Å². The van der Waals surface area contributed by atoms with Gasteiger partial charge in [0.05, 0.1) is 0 Å². The third-order valence-electron chi connectivity index (χ3n) is 1.81. The summed E-state index contributed by atoms with van der Waals surface area (Å²) in [5, 5.41) is 11.8. The van der Waals surface area contributed by atoms with Crippen molar-refractivity contribution in [2.24, 2.45) is 0 Å². The van der Waals surface area contributed by atoms with Crippen LogP contribution in [0.3, 0.4) is 0 Å². The summed E-state index contributed by atoms with van der Waals surface area (Å²) in [5.41, 5.74) is 1.49. The van der Waals surface area contributed by atoms with Gasteiger partial charge in [-0.3, -0.25) is 5.32 Å². The number of aromatic amines is 1. The number of benzene rings is 1. The number of rotatable bonds is 1. The molecule has 0 bridgehead atoms. The fourth-order valence-electron chi connectivity index (χ4n) is 1.25. The van der Waals surface area contributed by atoms with Crippen LogP contribution < -0.4 is 5.32 Å². The molecular formula is C9H8N2O2. The largest absolute Gasteiger partial charge is 0.465 e. The Labute approximate surface area is 74.2 Å². The lowest BCUT2D eigenvalue weighted by Crippen LogP contribution is -2.06. The van der Waals surface area contributed by atoms with Crippen LogP contribution in [-0.4, -0.2) is 16.2 Å². The molecule has 13 heavy (non-hydrogen) atoms. The lowest BCUT2D eigenvalue weighted by Gasteiger charge is -1.99.